The number of rotatable bonds is 1. The Labute approximate surface area is 74.9 Å². The van der Waals surface area contributed by atoms with Gasteiger partial charge in [-0.1, -0.05) is 0 Å². The van der Waals surface area contributed by atoms with Crippen molar-refractivity contribution in [2.75, 3.05) is 5.73 Å². The first-order valence-electron chi connectivity index (χ1n) is 4.25. The van der Waals surface area contributed by atoms with Gasteiger partial charge in [0, 0.05) is 5.56 Å². The Kier molecular flexibility index (Phi) is 1.72. The largest absolute Gasteiger partial charge is 0.481 e. The molecular formula is C8H11N3O2. The Morgan fingerprint density at radius 1 is 1.69 bits per heavy atom. The molecule has 13 heavy (non-hydrogen) atoms. The summed E-state index contributed by atoms with van der Waals surface area (Å²) in [5, 5.41) is 15.4. The van der Waals surface area contributed by atoms with Crippen LogP contribution in [0.3, 0.4) is 0 Å². The van der Waals surface area contributed by atoms with Crippen molar-refractivity contribution in [3.63, 3.8) is 0 Å². The van der Waals surface area contributed by atoms with Crippen LogP contribution in [0.2, 0.25) is 0 Å². The molecule has 0 fully saturated rings. The Hall–Kier alpha value is -1.52. The van der Waals surface area contributed by atoms with Gasteiger partial charge in [0.25, 0.3) is 0 Å². The molecule has 0 radical (unpaired) electrons. The van der Waals surface area contributed by atoms with E-state index in [1.165, 1.54) is 0 Å². The molecule has 0 saturated heterocycles. The summed E-state index contributed by atoms with van der Waals surface area (Å²) in [5.74, 6) is -0.806. The maximum atomic E-state index is 10.8. The van der Waals surface area contributed by atoms with Crippen LogP contribution in [0.25, 0.3) is 0 Å². The number of nitrogen functional groups attached to an aromatic ring is 1. The molecule has 0 saturated carbocycles. The number of nitrogens with one attached hydrogen (secondary N) is 1. The van der Waals surface area contributed by atoms with Crippen molar-refractivity contribution in [2.45, 2.75) is 25.2 Å². The summed E-state index contributed by atoms with van der Waals surface area (Å²) >= 11 is 0. The minimum absolute atomic E-state index is 0.445. The summed E-state index contributed by atoms with van der Waals surface area (Å²) < 4.78 is 0. The van der Waals surface area contributed by atoms with Crippen molar-refractivity contribution in [3.05, 3.63) is 11.3 Å². The quantitative estimate of drug-likeness (QED) is 0.588. The number of nitrogens with zero attached hydrogens (tertiary/aromatic N) is 1. The third-order valence-electron chi connectivity index (χ3n) is 2.50. The molecule has 0 amide bonds. The van der Waals surface area contributed by atoms with Gasteiger partial charge in [0.15, 0.2) is 0 Å². The molecule has 5 nitrogen and oxygen atoms in total. The predicted molar refractivity (Wildman–Crippen MR) is 46.3 cm³/mol. The maximum absolute atomic E-state index is 10.8. The van der Waals surface area contributed by atoms with Crippen LogP contribution in [0, 0.1) is 0 Å². The van der Waals surface area contributed by atoms with Gasteiger partial charge in [-0.05, 0) is 19.3 Å². The van der Waals surface area contributed by atoms with Crippen molar-refractivity contribution in [2.24, 2.45) is 0 Å². The number of hydrogen-bond donors (Lipinski definition) is 3. The third-order valence-corrected chi connectivity index (χ3v) is 2.50. The van der Waals surface area contributed by atoms with E-state index in [0.717, 1.165) is 18.4 Å². The van der Waals surface area contributed by atoms with Crippen molar-refractivity contribution < 1.29 is 9.90 Å². The smallest absolute Gasteiger partial charge is 0.312 e. The van der Waals surface area contributed by atoms with Crippen molar-refractivity contribution in [1.29, 1.82) is 0 Å². The van der Waals surface area contributed by atoms with Crippen molar-refractivity contribution >= 4 is 11.8 Å². The fourth-order valence-corrected chi connectivity index (χ4v) is 1.82. The van der Waals surface area contributed by atoms with Crippen LogP contribution in [0.5, 0.6) is 0 Å². The van der Waals surface area contributed by atoms with Crippen LogP contribution in [-0.4, -0.2) is 21.3 Å². The summed E-state index contributed by atoms with van der Waals surface area (Å²) in [7, 11) is 0. The van der Waals surface area contributed by atoms with Crippen LogP contribution in [0.15, 0.2) is 0 Å². The molecule has 1 atom stereocenters. The van der Waals surface area contributed by atoms with E-state index in [1.807, 2.05) is 0 Å². The van der Waals surface area contributed by atoms with E-state index in [-0.39, 0.29) is 0 Å². The van der Waals surface area contributed by atoms with E-state index in [4.69, 9.17) is 10.8 Å². The van der Waals surface area contributed by atoms with Gasteiger partial charge in [-0.25, -0.2) is 0 Å². The van der Waals surface area contributed by atoms with Gasteiger partial charge in [-0.15, -0.1) is 0 Å². The fourth-order valence-electron chi connectivity index (χ4n) is 1.82. The number of aliphatic carboxylic acids is 1. The highest BCUT2D eigenvalue weighted by molar-refractivity contribution is 5.77. The molecule has 2 rings (SSSR count). The Morgan fingerprint density at radius 2 is 2.46 bits per heavy atom. The van der Waals surface area contributed by atoms with Gasteiger partial charge >= 0.3 is 5.97 Å². The molecule has 1 aromatic heterocycles. The minimum Gasteiger partial charge on any atom is -0.481 e. The Morgan fingerprint density at radius 3 is 3.15 bits per heavy atom. The molecule has 0 aromatic carbocycles. The lowest BCUT2D eigenvalue weighted by Gasteiger charge is -2.17. The second kappa shape index (κ2) is 2.76. The second-order valence-electron chi connectivity index (χ2n) is 3.28. The van der Waals surface area contributed by atoms with Crippen LogP contribution in [0.4, 0.5) is 5.82 Å². The van der Waals surface area contributed by atoms with Gasteiger partial charge < -0.3 is 10.8 Å². The lowest BCUT2D eigenvalue weighted by atomic mass is 9.88. The maximum Gasteiger partial charge on any atom is 0.312 e. The summed E-state index contributed by atoms with van der Waals surface area (Å²) in [5.41, 5.74) is 7.17. The van der Waals surface area contributed by atoms with E-state index >= 15 is 0 Å². The molecule has 1 aliphatic rings. The van der Waals surface area contributed by atoms with Gasteiger partial charge in [0.2, 0.25) is 0 Å². The molecule has 1 heterocycles. The number of aromatic nitrogens is 2. The molecule has 1 unspecified atom stereocenters. The molecule has 70 valence electrons. The zero-order chi connectivity index (χ0) is 9.42. The molecule has 1 aromatic rings. The molecule has 1 aliphatic carbocycles. The van der Waals surface area contributed by atoms with E-state index < -0.39 is 11.9 Å². The number of carboxylic acid groups (broad SMARTS) is 1. The predicted octanol–water partition coefficient (Wildman–Crippen LogP) is 0.496. The molecular weight excluding hydrogens is 170 g/mol. The third kappa shape index (κ3) is 1.16. The highest BCUT2D eigenvalue weighted by atomic mass is 16.4. The van der Waals surface area contributed by atoms with E-state index in [9.17, 15) is 4.79 Å². The lowest BCUT2D eigenvalue weighted by Crippen LogP contribution is -2.17. The van der Waals surface area contributed by atoms with E-state index in [0.29, 0.717) is 17.9 Å². The van der Waals surface area contributed by atoms with Crippen LogP contribution >= 0.6 is 0 Å². The molecule has 0 aliphatic heterocycles. The first kappa shape index (κ1) is 8.10. The van der Waals surface area contributed by atoms with Crippen LogP contribution < -0.4 is 5.73 Å². The standard InChI is InChI=1S/C8H11N3O2/c9-7-4-2-1-3-5(8(12)13)6(4)10-11-7/h5H,1-3H2,(H,12,13)(H3,9,10,11). The molecule has 5 heteroatoms. The Balaban J connectivity index is 2.43. The molecule has 0 bridgehead atoms. The number of carboxylic acids is 1. The lowest BCUT2D eigenvalue weighted by molar-refractivity contribution is -0.139. The van der Waals surface area contributed by atoms with Gasteiger partial charge in [0.05, 0.1) is 11.6 Å². The van der Waals surface area contributed by atoms with Crippen molar-refractivity contribution in [1.82, 2.24) is 10.2 Å². The highest BCUT2D eigenvalue weighted by Gasteiger charge is 2.29. The van der Waals surface area contributed by atoms with Gasteiger partial charge in [0.1, 0.15) is 5.82 Å². The zero-order valence-corrected chi connectivity index (χ0v) is 7.08. The van der Waals surface area contributed by atoms with Gasteiger partial charge in [-0.3, -0.25) is 9.89 Å². The second-order valence-corrected chi connectivity index (χ2v) is 3.28. The average molecular weight is 181 g/mol. The number of fused-ring (bicyclic) bond motifs is 1. The summed E-state index contributed by atoms with van der Waals surface area (Å²) in [6.07, 6.45) is 2.37. The number of hydrogen-bond acceptors (Lipinski definition) is 3. The van der Waals surface area contributed by atoms with Gasteiger partial charge in [-0.2, -0.15) is 5.10 Å². The number of carbonyl (C=O) groups is 1. The highest BCUT2D eigenvalue weighted by Crippen LogP contribution is 2.32. The van der Waals surface area contributed by atoms with Crippen LogP contribution in [-0.2, 0) is 11.2 Å². The minimum atomic E-state index is -0.801. The molecule has 0 spiro atoms. The van der Waals surface area contributed by atoms with E-state index in [2.05, 4.69) is 10.2 Å². The Bertz CT molecular complexity index is 345. The fraction of sp³-hybridized carbons (Fsp3) is 0.500. The monoisotopic (exact) mass is 181 g/mol. The normalized spacial score (nSPS) is 21.1. The summed E-state index contributed by atoms with van der Waals surface area (Å²) in [6, 6.07) is 0. The number of nitrogens with two attached hydrogens (primary N) is 1. The average Bonchev–Trinajstić information content (AvgIpc) is 2.48. The molecule has 4 N–H and O–H groups in total. The topological polar surface area (TPSA) is 92.0 Å². The summed E-state index contributed by atoms with van der Waals surface area (Å²) in [6.45, 7) is 0. The first-order chi connectivity index (χ1) is 6.20. The van der Waals surface area contributed by atoms with E-state index in [1.54, 1.807) is 0 Å². The first-order valence-corrected chi connectivity index (χ1v) is 4.25. The SMILES string of the molecule is Nc1n[nH]c2c1CCCC2C(=O)O. The number of anilines is 1. The van der Waals surface area contributed by atoms with Crippen molar-refractivity contribution in [3.8, 4) is 0 Å². The number of aromatic amines is 1. The van der Waals surface area contributed by atoms with Crippen LogP contribution in [0.1, 0.15) is 30.0 Å². The zero-order valence-electron chi connectivity index (χ0n) is 7.08. The summed E-state index contributed by atoms with van der Waals surface area (Å²) in [4.78, 5) is 10.8. The number of H-pyrrole nitrogens is 1.